The molecule has 3 aromatic rings. The minimum Gasteiger partial charge on any atom is -0.491 e. The van der Waals surface area contributed by atoms with E-state index in [0.29, 0.717) is 42.8 Å². The fourth-order valence-corrected chi connectivity index (χ4v) is 5.77. The van der Waals surface area contributed by atoms with Gasteiger partial charge < -0.3 is 19.5 Å². The Morgan fingerprint density at radius 3 is 2.57 bits per heavy atom. The predicted molar refractivity (Wildman–Crippen MR) is 134 cm³/mol. The van der Waals surface area contributed by atoms with E-state index in [-0.39, 0.29) is 18.6 Å². The van der Waals surface area contributed by atoms with Crippen LogP contribution < -0.4 is 9.47 Å². The van der Waals surface area contributed by atoms with Crippen LogP contribution in [0.3, 0.4) is 0 Å². The highest BCUT2D eigenvalue weighted by Crippen LogP contribution is 2.46. The summed E-state index contributed by atoms with van der Waals surface area (Å²) in [5, 5.41) is 10.5. The molecule has 7 nitrogen and oxygen atoms in total. The molecule has 0 saturated carbocycles. The van der Waals surface area contributed by atoms with Crippen molar-refractivity contribution < 1.29 is 23.6 Å². The number of aromatic nitrogens is 1. The lowest BCUT2D eigenvalue weighted by Crippen LogP contribution is -2.50. The fraction of sp³-hybridized carbons (Fsp3) is 0.370. The number of carbonyl (C=O) groups excluding carboxylic acids is 1. The highest BCUT2D eigenvalue weighted by molar-refractivity contribution is 7.84. The first kappa shape index (κ1) is 23.6. The maximum absolute atomic E-state index is 13.3. The molecule has 1 amide bonds. The molecule has 1 saturated heterocycles. The Morgan fingerprint density at radius 2 is 1.89 bits per heavy atom. The summed E-state index contributed by atoms with van der Waals surface area (Å²) < 4.78 is 26.9. The predicted octanol–water partition coefficient (Wildman–Crippen LogP) is 4.02. The first-order valence-corrected chi connectivity index (χ1v) is 13.4. The molecule has 2 aliphatic heterocycles. The number of piperidine rings is 1. The number of benzene rings is 2. The van der Waals surface area contributed by atoms with Crippen molar-refractivity contribution in [1.82, 2.24) is 9.47 Å². The molecule has 0 radical (unpaired) electrons. The van der Waals surface area contributed by atoms with Crippen LogP contribution in [0.25, 0.3) is 5.69 Å². The summed E-state index contributed by atoms with van der Waals surface area (Å²) in [6, 6.07) is 16.9. The monoisotopic (exact) mass is 494 g/mol. The Labute approximate surface area is 207 Å². The van der Waals surface area contributed by atoms with Gasteiger partial charge in [0, 0.05) is 43.3 Å². The van der Waals surface area contributed by atoms with Gasteiger partial charge in [-0.05, 0) is 56.3 Å². The number of likely N-dealkylation sites (tertiary alicyclic amines) is 1. The van der Waals surface area contributed by atoms with Crippen LogP contribution in [0.1, 0.15) is 48.3 Å². The average molecular weight is 495 g/mol. The quantitative estimate of drug-likeness (QED) is 0.580. The van der Waals surface area contributed by atoms with Crippen molar-refractivity contribution >= 4 is 16.7 Å². The van der Waals surface area contributed by atoms with E-state index in [4.69, 9.17) is 9.47 Å². The highest BCUT2D eigenvalue weighted by atomic mass is 32.2. The third kappa shape index (κ3) is 4.15. The smallest absolute Gasteiger partial charge is 0.253 e. The number of carbonyl (C=O) groups is 1. The third-order valence-corrected chi connectivity index (χ3v) is 7.62. The summed E-state index contributed by atoms with van der Waals surface area (Å²) >= 11 is 0. The number of aliphatic hydroxyl groups excluding tert-OH is 1. The molecule has 5 rings (SSSR count). The Balaban J connectivity index is 1.40. The van der Waals surface area contributed by atoms with Crippen LogP contribution in [0.4, 0.5) is 0 Å². The van der Waals surface area contributed by atoms with Gasteiger partial charge in [-0.1, -0.05) is 12.1 Å². The summed E-state index contributed by atoms with van der Waals surface area (Å²) in [4.78, 5) is 15.2. The number of para-hydroxylation sites is 2. The highest BCUT2D eigenvalue weighted by Gasteiger charge is 2.45. The molecule has 1 N–H and O–H groups in total. The number of amides is 1. The van der Waals surface area contributed by atoms with Gasteiger partial charge in [-0.3, -0.25) is 13.6 Å². The molecule has 1 unspecified atom stereocenters. The molecule has 0 aliphatic carbocycles. The summed E-state index contributed by atoms with van der Waals surface area (Å²) in [6.07, 6.45) is 2.90. The minimum atomic E-state index is -1.15. The summed E-state index contributed by atoms with van der Waals surface area (Å²) in [5.74, 6) is 1.28. The third-order valence-electron chi connectivity index (χ3n) is 6.72. The number of nitrogens with zero attached hydrogens (tertiary/aromatic N) is 2. The van der Waals surface area contributed by atoms with Gasteiger partial charge in [-0.2, -0.15) is 0 Å². The van der Waals surface area contributed by atoms with Gasteiger partial charge in [0.25, 0.3) is 5.91 Å². The lowest BCUT2D eigenvalue weighted by molar-refractivity contribution is -0.00993. The van der Waals surface area contributed by atoms with Gasteiger partial charge >= 0.3 is 0 Å². The van der Waals surface area contributed by atoms with Crippen molar-refractivity contribution in [2.45, 2.75) is 50.0 Å². The van der Waals surface area contributed by atoms with E-state index in [1.54, 1.807) is 24.5 Å². The normalized spacial score (nSPS) is 17.0. The minimum absolute atomic E-state index is 0.0228. The number of rotatable bonds is 5. The molecule has 1 spiro atoms. The number of hydrogen-bond donors (Lipinski definition) is 1. The van der Waals surface area contributed by atoms with Crippen LogP contribution >= 0.6 is 0 Å². The van der Waals surface area contributed by atoms with E-state index in [0.717, 1.165) is 22.2 Å². The van der Waals surface area contributed by atoms with Gasteiger partial charge in [-0.15, -0.1) is 0 Å². The van der Waals surface area contributed by atoms with E-state index in [9.17, 15) is 14.1 Å². The zero-order chi connectivity index (χ0) is 24.7. The molecule has 184 valence electrons. The van der Waals surface area contributed by atoms with Crippen LogP contribution in [-0.4, -0.2) is 50.1 Å². The largest absolute Gasteiger partial charge is 0.491 e. The Morgan fingerprint density at radius 1 is 1.14 bits per heavy atom. The van der Waals surface area contributed by atoms with Crippen LogP contribution in [-0.2, 0) is 23.0 Å². The van der Waals surface area contributed by atoms with E-state index < -0.39 is 16.4 Å². The molecular formula is C27H30N2O5S. The molecule has 0 bridgehead atoms. The molecule has 3 heterocycles. The van der Waals surface area contributed by atoms with E-state index >= 15 is 0 Å². The number of aliphatic hydroxyl groups is 1. The zero-order valence-corrected chi connectivity index (χ0v) is 21.0. The second-order valence-electron chi connectivity index (χ2n) is 9.35. The van der Waals surface area contributed by atoms with Crippen molar-refractivity contribution in [2.24, 2.45) is 0 Å². The molecular weight excluding hydrogens is 464 g/mol. The van der Waals surface area contributed by atoms with E-state index in [2.05, 4.69) is 4.57 Å². The molecule has 1 atom stereocenters. The van der Waals surface area contributed by atoms with Crippen LogP contribution in [0.5, 0.6) is 11.5 Å². The van der Waals surface area contributed by atoms with Gasteiger partial charge in [0.05, 0.1) is 34.9 Å². The maximum atomic E-state index is 13.3. The second kappa shape index (κ2) is 9.17. The molecule has 2 aliphatic rings. The van der Waals surface area contributed by atoms with Crippen LogP contribution in [0, 0.1) is 0 Å². The van der Waals surface area contributed by atoms with Gasteiger partial charge in [0.1, 0.15) is 16.5 Å². The first-order chi connectivity index (χ1) is 16.8. The van der Waals surface area contributed by atoms with Crippen molar-refractivity contribution in [1.29, 1.82) is 0 Å². The van der Waals surface area contributed by atoms with Crippen molar-refractivity contribution in [3.63, 3.8) is 0 Å². The molecule has 35 heavy (non-hydrogen) atoms. The first-order valence-electron chi connectivity index (χ1n) is 11.9. The summed E-state index contributed by atoms with van der Waals surface area (Å²) in [6.45, 7) is 4.70. The average Bonchev–Trinajstić information content (AvgIpc) is 3.31. The maximum Gasteiger partial charge on any atom is 0.253 e. The number of ether oxygens (including phenoxy) is 2. The fourth-order valence-electron chi connectivity index (χ4n) is 5.05. The van der Waals surface area contributed by atoms with Crippen molar-refractivity contribution in [3.05, 3.63) is 71.4 Å². The zero-order valence-electron chi connectivity index (χ0n) is 20.2. The Hall–Kier alpha value is -3.10. The lowest BCUT2D eigenvalue weighted by atomic mass is 9.86. The molecule has 2 aromatic carbocycles. The van der Waals surface area contributed by atoms with E-state index in [1.165, 1.54) is 0 Å². The number of hydrogen-bond acceptors (Lipinski definition) is 5. The van der Waals surface area contributed by atoms with Crippen molar-refractivity contribution in [2.75, 3.05) is 19.3 Å². The summed E-state index contributed by atoms with van der Waals surface area (Å²) in [5.41, 5.74) is 2.41. The van der Waals surface area contributed by atoms with Crippen molar-refractivity contribution in [3.8, 4) is 17.2 Å². The van der Waals surface area contributed by atoms with Gasteiger partial charge in [-0.25, -0.2) is 0 Å². The second-order valence-corrected chi connectivity index (χ2v) is 10.7. The lowest BCUT2D eigenvalue weighted by Gasteiger charge is -2.45. The topological polar surface area (TPSA) is 81.0 Å². The van der Waals surface area contributed by atoms with E-state index in [1.807, 2.05) is 55.1 Å². The molecule has 1 fully saturated rings. The standard InChI is InChI=1S/C27H30N2O5S/c1-18(2)33-22-9-8-19(16-20(22)17-30)26(31)28-14-12-27(13-15-28)24-10-11-25(35(3)32)29(24)21-6-4-5-7-23(21)34-27/h4-11,16,18,30H,12-15,17H2,1-3H3. The molecule has 8 heteroatoms. The van der Waals surface area contributed by atoms with Crippen LogP contribution in [0.15, 0.2) is 59.6 Å². The SMILES string of the molecule is CC(C)Oc1ccc(C(=O)N2CCC3(CC2)Oc2ccccc2-n2c(S(C)=O)ccc23)cc1CO. The number of fused-ring (bicyclic) bond motifs is 4. The Bertz CT molecular complexity index is 1290. The Kier molecular flexibility index (Phi) is 6.19. The summed E-state index contributed by atoms with van der Waals surface area (Å²) in [7, 11) is -1.15. The molecule has 1 aromatic heterocycles. The van der Waals surface area contributed by atoms with Gasteiger partial charge in [0.15, 0.2) is 5.60 Å². The van der Waals surface area contributed by atoms with Gasteiger partial charge in [0.2, 0.25) is 0 Å². The van der Waals surface area contributed by atoms with Crippen LogP contribution in [0.2, 0.25) is 0 Å².